The molecule has 0 saturated carbocycles. The van der Waals surface area contributed by atoms with Crippen LogP contribution in [0.1, 0.15) is 47.5 Å². The molecule has 0 radical (unpaired) electrons. The van der Waals surface area contributed by atoms with E-state index in [1.165, 1.54) is 6.42 Å². The van der Waals surface area contributed by atoms with Crippen LogP contribution in [0.25, 0.3) is 0 Å². The zero-order chi connectivity index (χ0) is 16.1. The average molecular weight is 429 g/mol. The van der Waals surface area contributed by atoms with E-state index in [1.807, 2.05) is 6.92 Å². The highest BCUT2D eigenvalue weighted by Gasteiger charge is 2.05. The van der Waals surface area contributed by atoms with Crippen molar-refractivity contribution in [2.24, 2.45) is 16.8 Å². The normalized spacial score (nSPS) is 13.2. The van der Waals surface area contributed by atoms with Gasteiger partial charge in [0.25, 0.3) is 0 Å². The monoisotopic (exact) mass is 429 g/mol. The Labute approximate surface area is 153 Å². The molecule has 0 amide bonds. The smallest absolute Gasteiger partial charge is 0.191 e. The number of guanidine groups is 1. The molecule has 0 heterocycles. The van der Waals surface area contributed by atoms with E-state index in [1.54, 1.807) is 0 Å². The SMILES string of the molecule is CCNC(=NCC(O)COCC(C)C)NCCCC(C)C.I. The van der Waals surface area contributed by atoms with Gasteiger partial charge < -0.3 is 20.5 Å². The minimum atomic E-state index is -0.546. The van der Waals surface area contributed by atoms with Gasteiger partial charge in [0.2, 0.25) is 0 Å². The number of aliphatic hydroxyl groups is 1. The maximum Gasteiger partial charge on any atom is 0.191 e. The zero-order valence-electron chi connectivity index (χ0n) is 14.9. The van der Waals surface area contributed by atoms with E-state index in [-0.39, 0.29) is 24.0 Å². The Morgan fingerprint density at radius 1 is 1.09 bits per heavy atom. The number of rotatable bonds is 11. The van der Waals surface area contributed by atoms with Gasteiger partial charge in [-0.3, -0.25) is 4.99 Å². The topological polar surface area (TPSA) is 65.9 Å². The van der Waals surface area contributed by atoms with Crippen LogP contribution in [0.5, 0.6) is 0 Å². The second-order valence-corrected chi connectivity index (χ2v) is 6.27. The number of aliphatic hydroxyl groups excluding tert-OH is 1. The van der Waals surface area contributed by atoms with E-state index in [0.29, 0.717) is 25.7 Å². The number of nitrogens with zero attached hydrogens (tertiary/aromatic N) is 1. The molecule has 0 spiro atoms. The molecule has 0 bridgehead atoms. The van der Waals surface area contributed by atoms with Crippen molar-refractivity contribution < 1.29 is 9.84 Å². The Balaban J connectivity index is 0. The van der Waals surface area contributed by atoms with Crippen LogP contribution < -0.4 is 10.6 Å². The molecule has 1 unspecified atom stereocenters. The third-order valence-corrected chi connectivity index (χ3v) is 2.82. The van der Waals surface area contributed by atoms with Crippen LogP contribution in [0.4, 0.5) is 0 Å². The molecule has 1 atom stereocenters. The Morgan fingerprint density at radius 3 is 2.32 bits per heavy atom. The van der Waals surface area contributed by atoms with Crippen LogP contribution in [-0.2, 0) is 4.74 Å². The number of aliphatic imine (C=N–C) groups is 1. The summed E-state index contributed by atoms with van der Waals surface area (Å²) >= 11 is 0. The number of hydrogen-bond acceptors (Lipinski definition) is 3. The first-order valence-electron chi connectivity index (χ1n) is 8.23. The second kappa shape index (κ2) is 15.8. The van der Waals surface area contributed by atoms with Gasteiger partial charge in [-0.15, -0.1) is 24.0 Å². The van der Waals surface area contributed by atoms with Gasteiger partial charge in [-0.2, -0.15) is 0 Å². The fourth-order valence-corrected chi connectivity index (χ4v) is 1.75. The van der Waals surface area contributed by atoms with Crippen LogP contribution in [0, 0.1) is 11.8 Å². The third kappa shape index (κ3) is 16.3. The van der Waals surface area contributed by atoms with E-state index in [4.69, 9.17) is 4.74 Å². The van der Waals surface area contributed by atoms with Crippen LogP contribution in [0.2, 0.25) is 0 Å². The molecule has 0 aromatic heterocycles. The summed E-state index contributed by atoms with van der Waals surface area (Å²) in [6.07, 6.45) is 1.79. The molecule has 0 aliphatic rings. The van der Waals surface area contributed by atoms with Crippen LogP contribution in [0.3, 0.4) is 0 Å². The quantitative estimate of drug-likeness (QED) is 0.205. The Hall–Kier alpha value is -0.0800. The summed E-state index contributed by atoms with van der Waals surface area (Å²) in [5.74, 6) is 1.98. The van der Waals surface area contributed by atoms with Gasteiger partial charge >= 0.3 is 0 Å². The minimum Gasteiger partial charge on any atom is -0.389 e. The lowest BCUT2D eigenvalue weighted by Crippen LogP contribution is -2.38. The van der Waals surface area contributed by atoms with Gasteiger partial charge in [0.15, 0.2) is 5.96 Å². The minimum absolute atomic E-state index is 0. The van der Waals surface area contributed by atoms with Crippen molar-refractivity contribution in [3.8, 4) is 0 Å². The second-order valence-electron chi connectivity index (χ2n) is 6.27. The predicted octanol–water partition coefficient (Wildman–Crippen LogP) is 2.63. The fraction of sp³-hybridized carbons (Fsp3) is 0.938. The number of nitrogens with one attached hydrogen (secondary N) is 2. The van der Waals surface area contributed by atoms with E-state index in [0.717, 1.165) is 31.4 Å². The van der Waals surface area contributed by atoms with Crippen molar-refractivity contribution in [2.75, 3.05) is 32.8 Å². The van der Waals surface area contributed by atoms with Crippen molar-refractivity contribution in [3.05, 3.63) is 0 Å². The molecule has 0 saturated heterocycles. The predicted molar refractivity (Wildman–Crippen MR) is 105 cm³/mol. The van der Waals surface area contributed by atoms with Gasteiger partial charge in [0, 0.05) is 19.7 Å². The van der Waals surface area contributed by atoms with Gasteiger partial charge in [-0.25, -0.2) is 0 Å². The summed E-state index contributed by atoms with van der Waals surface area (Å²) in [5, 5.41) is 16.3. The molecule has 134 valence electrons. The van der Waals surface area contributed by atoms with Crippen molar-refractivity contribution >= 4 is 29.9 Å². The van der Waals surface area contributed by atoms with Gasteiger partial charge in [-0.1, -0.05) is 27.7 Å². The highest BCUT2D eigenvalue weighted by atomic mass is 127. The lowest BCUT2D eigenvalue weighted by atomic mass is 10.1. The molecular weight excluding hydrogens is 393 g/mol. The summed E-state index contributed by atoms with van der Waals surface area (Å²) < 4.78 is 5.41. The Morgan fingerprint density at radius 2 is 1.77 bits per heavy atom. The first-order valence-corrected chi connectivity index (χ1v) is 8.23. The Bertz CT molecular complexity index is 274. The molecule has 0 fully saturated rings. The highest BCUT2D eigenvalue weighted by molar-refractivity contribution is 14.0. The fourth-order valence-electron chi connectivity index (χ4n) is 1.75. The number of hydrogen-bond donors (Lipinski definition) is 3. The standard InChI is InChI=1S/C16H35N3O2.HI/c1-6-17-16(18-9-7-8-13(2)3)19-10-15(20)12-21-11-14(4)5;/h13-15,20H,6-12H2,1-5H3,(H2,17,18,19);1H. The van der Waals surface area contributed by atoms with Crippen molar-refractivity contribution in [2.45, 2.75) is 53.6 Å². The van der Waals surface area contributed by atoms with Gasteiger partial charge in [-0.05, 0) is 31.6 Å². The zero-order valence-corrected chi connectivity index (χ0v) is 17.2. The first-order chi connectivity index (χ1) is 9.95. The maximum atomic E-state index is 9.84. The van der Waals surface area contributed by atoms with Crippen LogP contribution in [-0.4, -0.2) is 50.0 Å². The average Bonchev–Trinajstić information content (AvgIpc) is 2.40. The van der Waals surface area contributed by atoms with E-state index < -0.39 is 6.10 Å². The molecule has 0 rings (SSSR count). The lowest BCUT2D eigenvalue weighted by Gasteiger charge is -2.14. The van der Waals surface area contributed by atoms with E-state index >= 15 is 0 Å². The van der Waals surface area contributed by atoms with Crippen LogP contribution in [0.15, 0.2) is 4.99 Å². The lowest BCUT2D eigenvalue weighted by molar-refractivity contribution is 0.0301. The first kappa shape index (κ1) is 24.2. The number of halogens is 1. The van der Waals surface area contributed by atoms with Crippen LogP contribution >= 0.6 is 24.0 Å². The molecule has 0 aliphatic carbocycles. The molecule has 0 aromatic carbocycles. The van der Waals surface area contributed by atoms with E-state index in [9.17, 15) is 5.11 Å². The highest BCUT2D eigenvalue weighted by Crippen LogP contribution is 2.01. The summed E-state index contributed by atoms with van der Waals surface area (Å²) in [7, 11) is 0. The summed E-state index contributed by atoms with van der Waals surface area (Å²) in [5.41, 5.74) is 0. The summed E-state index contributed by atoms with van der Waals surface area (Å²) in [4.78, 5) is 4.39. The largest absolute Gasteiger partial charge is 0.389 e. The molecule has 22 heavy (non-hydrogen) atoms. The van der Waals surface area contributed by atoms with E-state index in [2.05, 4.69) is 43.3 Å². The van der Waals surface area contributed by atoms with Crippen molar-refractivity contribution in [1.29, 1.82) is 0 Å². The molecular formula is C16H36IN3O2. The molecule has 3 N–H and O–H groups in total. The third-order valence-electron chi connectivity index (χ3n) is 2.82. The molecule has 0 aromatic rings. The maximum absolute atomic E-state index is 9.84. The van der Waals surface area contributed by atoms with Gasteiger partial charge in [0.1, 0.15) is 0 Å². The molecule has 6 heteroatoms. The van der Waals surface area contributed by atoms with Crippen molar-refractivity contribution in [1.82, 2.24) is 10.6 Å². The number of ether oxygens (including phenoxy) is 1. The molecule has 5 nitrogen and oxygen atoms in total. The summed E-state index contributed by atoms with van der Waals surface area (Å²) in [6.45, 7) is 13.8. The Kier molecular flexibility index (Phi) is 17.4. The summed E-state index contributed by atoms with van der Waals surface area (Å²) in [6, 6.07) is 0. The molecule has 0 aliphatic heterocycles. The van der Waals surface area contributed by atoms with Crippen molar-refractivity contribution in [3.63, 3.8) is 0 Å². The van der Waals surface area contributed by atoms with Gasteiger partial charge in [0.05, 0.1) is 19.3 Å².